The molecule has 0 aliphatic carbocycles. The first-order valence-corrected chi connectivity index (χ1v) is 8.49. The first-order valence-electron chi connectivity index (χ1n) is 8.49. The SMILES string of the molecule is COc1ccc(N2CCN(C(=O)Cc3cccc(OC)c3)CC2)cc1. The lowest BCUT2D eigenvalue weighted by molar-refractivity contribution is -0.130. The highest BCUT2D eigenvalue weighted by Crippen LogP contribution is 2.21. The van der Waals surface area contributed by atoms with E-state index in [1.54, 1.807) is 14.2 Å². The molecule has 0 unspecified atom stereocenters. The quantitative estimate of drug-likeness (QED) is 0.839. The maximum absolute atomic E-state index is 12.5. The van der Waals surface area contributed by atoms with Gasteiger partial charge in [-0.2, -0.15) is 0 Å². The number of benzene rings is 2. The molecule has 0 saturated carbocycles. The summed E-state index contributed by atoms with van der Waals surface area (Å²) in [6.45, 7) is 3.18. The van der Waals surface area contributed by atoms with E-state index < -0.39 is 0 Å². The predicted octanol–water partition coefficient (Wildman–Crippen LogP) is 2.60. The highest BCUT2D eigenvalue weighted by atomic mass is 16.5. The summed E-state index contributed by atoms with van der Waals surface area (Å²) in [4.78, 5) is 16.8. The van der Waals surface area contributed by atoms with Crippen molar-refractivity contribution in [2.24, 2.45) is 0 Å². The van der Waals surface area contributed by atoms with Crippen molar-refractivity contribution < 1.29 is 14.3 Å². The predicted molar refractivity (Wildman–Crippen MR) is 98.5 cm³/mol. The van der Waals surface area contributed by atoms with Gasteiger partial charge >= 0.3 is 0 Å². The fraction of sp³-hybridized carbons (Fsp3) is 0.350. The summed E-state index contributed by atoms with van der Waals surface area (Å²) in [6, 6.07) is 15.8. The van der Waals surface area contributed by atoms with Gasteiger partial charge in [-0.15, -0.1) is 0 Å². The normalized spacial score (nSPS) is 14.3. The number of amides is 1. The Hall–Kier alpha value is -2.69. The van der Waals surface area contributed by atoms with Crippen molar-refractivity contribution in [3.05, 3.63) is 54.1 Å². The van der Waals surface area contributed by atoms with Gasteiger partial charge in [0.05, 0.1) is 20.6 Å². The van der Waals surface area contributed by atoms with Gasteiger partial charge in [-0.1, -0.05) is 12.1 Å². The van der Waals surface area contributed by atoms with Crippen LogP contribution < -0.4 is 14.4 Å². The smallest absolute Gasteiger partial charge is 0.227 e. The maximum Gasteiger partial charge on any atom is 0.227 e. The zero-order chi connectivity index (χ0) is 17.6. The van der Waals surface area contributed by atoms with E-state index in [2.05, 4.69) is 17.0 Å². The third-order valence-electron chi connectivity index (χ3n) is 4.56. The van der Waals surface area contributed by atoms with Crippen LogP contribution in [0.15, 0.2) is 48.5 Å². The second kappa shape index (κ2) is 7.92. The Bertz CT molecular complexity index is 707. The number of hydrogen-bond acceptors (Lipinski definition) is 4. The average Bonchev–Trinajstić information content (AvgIpc) is 2.68. The third kappa shape index (κ3) is 4.24. The van der Waals surface area contributed by atoms with Gasteiger partial charge in [0.15, 0.2) is 0 Å². The van der Waals surface area contributed by atoms with Crippen LogP contribution in [0.2, 0.25) is 0 Å². The second-order valence-electron chi connectivity index (χ2n) is 6.09. The van der Waals surface area contributed by atoms with Gasteiger partial charge in [-0.05, 0) is 42.0 Å². The summed E-state index contributed by atoms with van der Waals surface area (Å²) in [5.74, 6) is 1.81. The van der Waals surface area contributed by atoms with Crippen LogP contribution in [-0.2, 0) is 11.2 Å². The van der Waals surface area contributed by atoms with Crippen molar-refractivity contribution in [1.29, 1.82) is 0 Å². The van der Waals surface area contributed by atoms with Crippen LogP contribution in [0.3, 0.4) is 0 Å². The van der Waals surface area contributed by atoms with Crippen molar-refractivity contribution in [1.82, 2.24) is 4.90 Å². The van der Waals surface area contributed by atoms with Gasteiger partial charge in [-0.3, -0.25) is 4.79 Å². The molecule has 0 bridgehead atoms. The van der Waals surface area contributed by atoms with Gasteiger partial charge in [-0.25, -0.2) is 0 Å². The van der Waals surface area contributed by atoms with Crippen LogP contribution >= 0.6 is 0 Å². The van der Waals surface area contributed by atoms with Crippen molar-refractivity contribution in [2.45, 2.75) is 6.42 Å². The summed E-state index contributed by atoms with van der Waals surface area (Å²) < 4.78 is 10.4. The number of nitrogens with zero attached hydrogens (tertiary/aromatic N) is 2. The molecule has 0 atom stereocenters. The zero-order valence-corrected chi connectivity index (χ0v) is 14.8. The summed E-state index contributed by atoms with van der Waals surface area (Å²) in [5.41, 5.74) is 2.16. The Morgan fingerprint density at radius 1 is 0.920 bits per heavy atom. The van der Waals surface area contributed by atoms with Gasteiger partial charge < -0.3 is 19.3 Å². The fourth-order valence-corrected chi connectivity index (χ4v) is 3.08. The zero-order valence-electron chi connectivity index (χ0n) is 14.8. The minimum absolute atomic E-state index is 0.169. The molecule has 25 heavy (non-hydrogen) atoms. The first-order chi connectivity index (χ1) is 12.2. The van der Waals surface area contributed by atoms with Crippen LogP contribution in [0.4, 0.5) is 5.69 Å². The number of rotatable bonds is 5. The van der Waals surface area contributed by atoms with Crippen molar-refractivity contribution in [3.63, 3.8) is 0 Å². The average molecular weight is 340 g/mol. The number of carbonyl (C=O) groups excluding carboxylic acids is 1. The number of piperazine rings is 1. The summed E-state index contributed by atoms with van der Waals surface area (Å²) >= 11 is 0. The van der Waals surface area contributed by atoms with Gasteiger partial charge in [0.25, 0.3) is 0 Å². The standard InChI is InChI=1S/C20H24N2O3/c1-24-18-8-6-17(7-9-18)21-10-12-22(13-11-21)20(23)15-16-4-3-5-19(14-16)25-2/h3-9,14H,10-13,15H2,1-2H3. The minimum Gasteiger partial charge on any atom is -0.497 e. The number of carbonyl (C=O) groups is 1. The molecule has 1 aliphatic heterocycles. The third-order valence-corrected chi connectivity index (χ3v) is 4.56. The Balaban J connectivity index is 1.54. The maximum atomic E-state index is 12.5. The number of methoxy groups -OCH3 is 2. The highest BCUT2D eigenvalue weighted by Gasteiger charge is 2.21. The number of ether oxygens (including phenoxy) is 2. The summed E-state index contributed by atoms with van der Waals surface area (Å²) in [7, 11) is 3.31. The molecule has 1 amide bonds. The lowest BCUT2D eigenvalue weighted by Gasteiger charge is -2.36. The van der Waals surface area contributed by atoms with E-state index in [1.807, 2.05) is 41.3 Å². The van der Waals surface area contributed by atoms with E-state index in [0.29, 0.717) is 6.42 Å². The Labute approximate surface area is 148 Å². The summed E-state index contributed by atoms with van der Waals surface area (Å²) in [6.07, 6.45) is 0.416. The molecule has 5 nitrogen and oxygen atoms in total. The van der Waals surface area contributed by atoms with E-state index >= 15 is 0 Å². The Kier molecular flexibility index (Phi) is 5.43. The second-order valence-corrected chi connectivity index (χ2v) is 6.09. The molecule has 2 aromatic rings. The van der Waals surface area contributed by atoms with E-state index in [1.165, 1.54) is 5.69 Å². The molecular formula is C20H24N2O3. The molecular weight excluding hydrogens is 316 g/mol. The van der Waals surface area contributed by atoms with Crippen LogP contribution in [-0.4, -0.2) is 51.2 Å². The lowest BCUT2D eigenvalue weighted by Crippen LogP contribution is -2.49. The largest absolute Gasteiger partial charge is 0.497 e. The van der Waals surface area contributed by atoms with E-state index in [9.17, 15) is 4.79 Å². The monoisotopic (exact) mass is 340 g/mol. The molecule has 1 fully saturated rings. The van der Waals surface area contributed by atoms with E-state index in [4.69, 9.17) is 9.47 Å². The first kappa shape index (κ1) is 17.1. The van der Waals surface area contributed by atoms with Crippen molar-refractivity contribution in [2.75, 3.05) is 45.3 Å². The topological polar surface area (TPSA) is 42.0 Å². The number of anilines is 1. The van der Waals surface area contributed by atoms with E-state index in [-0.39, 0.29) is 5.91 Å². The van der Waals surface area contributed by atoms with Crippen LogP contribution in [0.1, 0.15) is 5.56 Å². The van der Waals surface area contributed by atoms with Gasteiger partial charge in [0.2, 0.25) is 5.91 Å². The summed E-state index contributed by atoms with van der Waals surface area (Å²) in [5, 5.41) is 0. The molecule has 0 aromatic heterocycles. The molecule has 0 spiro atoms. The highest BCUT2D eigenvalue weighted by molar-refractivity contribution is 5.79. The van der Waals surface area contributed by atoms with Crippen LogP contribution in [0.25, 0.3) is 0 Å². The van der Waals surface area contributed by atoms with Crippen LogP contribution in [0.5, 0.6) is 11.5 Å². The molecule has 0 radical (unpaired) electrons. The van der Waals surface area contributed by atoms with Crippen molar-refractivity contribution in [3.8, 4) is 11.5 Å². The molecule has 2 aromatic carbocycles. The number of hydrogen-bond donors (Lipinski definition) is 0. The lowest BCUT2D eigenvalue weighted by atomic mass is 10.1. The van der Waals surface area contributed by atoms with Crippen molar-refractivity contribution >= 4 is 11.6 Å². The molecule has 0 N–H and O–H groups in total. The minimum atomic E-state index is 0.169. The Morgan fingerprint density at radius 3 is 2.24 bits per heavy atom. The fourth-order valence-electron chi connectivity index (χ4n) is 3.08. The molecule has 5 heteroatoms. The molecule has 1 aliphatic rings. The van der Waals surface area contributed by atoms with Gasteiger partial charge in [0.1, 0.15) is 11.5 Å². The molecule has 132 valence electrons. The van der Waals surface area contributed by atoms with E-state index in [0.717, 1.165) is 43.2 Å². The molecule has 1 heterocycles. The van der Waals surface area contributed by atoms with Gasteiger partial charge in [0, 0.05) is 31.9 Å². The Morgan fingerprint density at radius 2 is 1.60 bits per heavy atom. The van der Waals surface area contributed by atoms with Crippen LogP contribution in [0, 0.1) is 0 Å². The molecule has 3 rings (SSSR count). The molecule has 1 saturated heterocycles.